The van der Waals surface area contributed by atoms with Crippen LogP contribution in [0.4, 0.5) is 0 Å². The van der Waals surface area contributed by atoms with Gasteiger partial charge in [-0.3, -0.25) is 9.59 Å². The number of ether oxygens (including phenoxy) is 4. The molecule has 0 bridgehead atoms. The molecule has 24 heavy (non-hydrogen) atoms. The first-order valence-corrected chi connectivity index (χ1v) is 8.18. The highest BCUT2D eigenvalue weighted by Gasteiger charge is 2.43. The Kier molecular flexibility index (Phi) is 4.02. The lowest BCUT2D eigenvalue weighted by Gasteiger charge is -2.30. The van der Waals surface area contributed by atoms with Crippen LogP contribution in [0.25, 0.3) is 0 Å². The van der Waals surface area contributed by atoms with Crippen LogP contribution < -0.4 is 9.47 Å². The number of fused-ring (bicyclic) bond motifs is 1. The number of rotatable bonds is 2. The fourth-order valence-corrected chi connectivity index (χ4v) is 3.33. The lowest BCUT2D eigenvalue weighted by atomic mass is 9.93. The monoisotopic (exact) mass is 333 g/mol. The van der Waals surface area contributed by atoms with Crippen molar-refractivity contribution in [2.45, 2.75) is 12.5 Å². The van der Waals surface area contributed by atoms with E-state index in [1.54, 1.807) is 17.0 Å². The Labute approximate surface area is 139 Å². The molecular formula is C17H19NO6. The average molecular weight is 333 g/mol. The predicted octanol–water partition coefficient (Wildman–Crippen LogP) is 0.921. The third-order valence-corrected chi connectivity index (χ3v) is 4.55. The molecule has 2 fully saturated rings. The summed E-state index contributed by atoms with van der Waals surface area (Å²) in [6.45, 7) is 3.17. The second kappa shape index (κ2) is 6.32. The Morgan fingerprint density at radius 1 is 1.04 bits per heavy atom. The van der Waals surface area contributed by atoms with E-state index in [0.717, 1.165) is 5.56 Å². The van der Waals surface area contributed by atoms with E-state index >= 15 is 0 Å². The maximum Gasteiger partial charge on any atom is 0.307 e. The van der Waals surface area contributed by atoms with Gasteiger partial charge in [-0.2, -0.15) is 0 Å². The van der Waals surface area contributed by atoms with E-state index in [2.05, 4.69) is 0 Å². The van der Waals surface area contributed by atoms with Crippen molar-refractivity contribution in [3.05, 3.63) is 23.8 Å². The van der Waals surface area contributed by atoms with Crippen LogP contribution in [0, 0.1) is 5.92 Å². The van der Waals surface area contributed by atoms with Crippen molar-refractivity contribution in [3.8, 4) is 11.5 Å². The zero-order valence-corrected chi connectivity index (χ0v) is 13.2. The summed E-state index contributed by atoms with van der Waals surface area (Å²) >= 11 is 0. The Balaban J connectivity index is 1.58. The SMILES string of the molecule is O=C1C[C@H](C(=O)N2CCOCC2)[C@@H](c2ccc3c(c2)OCCO3)O1. The van der Waals surface area contributed by atoms with Crippen LogP contribution in [0.15, 0.2) is 18.2 Å². The van der Waals surface area contributed by atoms with Crippen molar-refractivity contribution in [2.24, 2.45) is 5.92 Å². The molecule has 0 unspecified atom stereocenters. The van der Waals surface area contributed by atoms with E-state index in [-0.39, 0.29) is 18.3 Å². The molecule has 0 N–H and O–H groups in total. The van der Waals surface area contributed by atoms with E-state index in [1.807, 2.05) is 6.07 Å². The molecule has 128 valence electrons. The Hall–Kier alpha value is -2.28. The molecule has 0 radical (unpaired) electrons. The molecular weight excluding hydrogens is 314 g/mol. The van der Waals surface area contributed by atoms with E-state index in [1.165, 1.54) is 0 Å². The number of cyclic esters (lactones) is 1. The molecule has 3 aliphatic heterocycles. The summed E-state index contributed by atoms with van der Waals surface area (Å²) < 4.78 is 21.8. The topological polar surface area (TPSA) is 74.3 Å². The standard InChI is InChI=1S/C17H19NO6/c19-15-10-12(17(20)18-3-5-21-6-4-18)16(24-15)11-1-2-13-14(9-11)23-8-7-22-13/h1-2,9,12,16H,3-8,10H2/t12-,16+/m0/s1. The molecule has 1 aromatic carbocycles. The largest absolute Gasteiger partial charge is 0.486 e. The summed E-state index contributed by atoms with van der Waals surface area (Å²) in [6.07, 6.45) is -0.473. The fourth-order valence-electron chi connectivity index (χ4n) is 3.33. The molecule has 3 heterocycles. The van der Waals surface area contributed by atoms with Crippen molar-refractivity contribution in [2.75, 3.05) is 39.5 Å². The number of benzene rings is 1. The highest BCUT2D eigenvalue weighted by Crippen LogP contribution is 2.40. The zero-order chi connectivity index (χ0) is 16.5. The van der Waals surface area contributed by atoms with Gasteiger partial charge in [0.15, 0.2) is 11.5 Å². The van der Waals surface area contributed by atoms with Crippen LogP contribution in [0.2, 0.25) is 0 Å². The first kappa shape index (κ1) is 15.3. The normalized spacial score (nSPS) is 26.2. The lowest BCUT2D eigenvalue weighted by molar-refractivity contribution is -0.143. The Bertz CT molecular complexity index is 654. The van der Waals surface area contributed by atoms with Gasteiger partial charge in [0.2, 0.25) is 5.91 Å². The second-order valence-electron chi connectivity index (χ2n) is 6.06. The molecule has 0 saturated carbocycles. The predicted molar refractivity (Wildman–Crippen MR) is 81.8 cm³/mol. The van der Waals surface area contributed by atoms with Crippen LogP contribution in [-0.4, -0.2) is 56.3 Å². The molecule has 3 aliphatic rings. The molecule has 1 aromatic rings. The molecule has 0 aliphatic carbocycles. The molecule has 2 atom stereocenters. The van der Waals surface area contributed by atoms with Gasteiger partial charge in [0.1, 0.15) is 19.3 Å². The smallest absolute Gasteiger partial charge is 0.307 e. The van der Waals surface area contributed by atoms with Crippen LogP contribution >= 0.6 is 0 Å². The van der Waals surface area contributed by atoms with Crippen molar-refractivity contribution >= 4 is 11.9 Å². The number of hydrogen-bond acceptors (Lipinski definition) is 6. The van der Waals surface area contributed by atoms with Gasteiger partial charge in [-0.15, -0.1) is 0 Å². The molecule has 7 heteroatoms. The van der Waals surface area contributed by atoms with Crippen LogP contribution in [0.3, 0.4) is 0 Å². The van der Waals surface area contributed by atoms with E-state index in [9.17, 15) is 9.59 Å². The fraction of sp³-hybridized carbons (Fsp3) is 0.529. The van der Waals surface area contributed by atoms with Gasteiger partial charge in [-0.1, -0.05) is 6.07 Å². The highest BCUT2D eigenvalue weighted by molar-refractivity contribution is 5.87. The number of esters is 1. The minimum Gasteiger partial charge on any atom is -0.486 e. The Morgan fingerprint density at radius 2 is 1.79 bits per heavy atom. The number of nitrogens with zero attached hydrogens (tertiary/aromatic N) is 1. The average Bonchev–Trinajstić information content (AvgIpc) is 3.03. The molecule has 7 nitrogen and oxygen atoms in total. The summed E-state index contributed by atoms with van der Waals surface area (Å²) in [7, 11) is 0. The number of carbonyl (C=O) groups is 2. The zero-order valence-electron chi connectivity index (χ0n) is 13.2. The third-order valence-electron chi connectivity index (χ3n) is 4.55. The number of hydrogen-bond donors (Lipinski definition) is 0. The van der Waals surface area contributed by atoms with Crippen LogP contribution in [0.5, 0.6) is 11.5 Å². The van der Waals surface area contributed by atoms with E-state index in [4.69, 9.17) is 18.9 Å². The number of carbonyl (C=O) groups excluding carboxylic acids is 2. The number of morpholine rings is 1. The minimum absolute atomic E-state index is 0.0518. The quantitative estimate of drug-likeness (QED) is 0.750. The third kappa shape index (κ3) is 2.80. The van der Waals surface area contributed by atoms with Crippen LogP contribution in [-0.2, 0) is 19.1 Å². The Morgan fingerprint density at radius 3 is 2.58 bits per heavy atom. The highest BCUT2D eigenvalue weighted by atomic mass is 16.6. The lowest BCUT2D eigenvalue weighted by Crippen LogP contribution is -2.44. The van der Waals surface area contributed by atoms with Crippen LogP contribution in [0.1, 0.15) is 18.1 Å². The first-order valence-electron chi connectivity index (χ1n) is 8.18. The van der Waals surface area contributed by atoms with Gasteiger partial charge in [-0.05, 0) is 17.7 Å². The summed E-state index contributed by atoms with van der Waals surface area (Å²) in [5, 5.41) is 0. The van der Waals surface area contributed by atoms with Gasteiger partial charge < -0.3 is 23.8 Å². The summed E-state index contributed by atoms with van der Waals surface area (Å²) in [4.78, 5) is 26.4. The first-order chi connectivity index (χ1) is 11.7. The van der Waals surface area contributed by atoms with Crippen molar-refractivity contribution < 1.29 is 28.5 Å². The summed E-state index contributed by atoms with van der Waals surface area (Å²) in [5.41, 5.74) is 0.761. The van der Waals surface area contributed by atoms with Gasteiger partial charge in [0.05, 0.1) is 25.6 Å². The second-order valence-corrected chi connectivity index (χ2v) is 6.06. The molecule has 0 aromatic heterocycles. The molecule has 4 rings (SSSR count). The molecule has 2 saturated heterocycles. The summed E-state index contributed by atoms with van der Waals surface area (Å²) in [5.74, 6) is 0.397. The van der Waals surface area contributed by atoms with Gasteiger partial charge in [0.25, 0.3) is 0 Å². The van der Waals surface area contributed by atoms with Crippen molar-refractivity contribution in [1.82, 2.24) is 4.90 Å². The van der Waals surface area contributed by atoms with Gasteiger partial charge in [0, 0.05) is 13.1 Å². The minimum atomic E-state index is -0.580. The maximum absolute atomic E-state index is 12.8. The van der Waals surface area contributed by atoms with Crippen molar-refractivity contribution in [1.29, 1.82) is 0 Å². The van der Waals surface area contributed by atoms with E-state index in [0.29, 0.717) is 51.0 Å². The number of amides is 1. The van der Waals surface area contributed by atoms with Gasteiger partial charge >= 0.3 is 5.97 Å². The maximum atomic E-state index is 12.8. The van der Waals surface area contributed by atoms with Gasteiger partial charge in [-0.25, -0.2) is 0 Å². The summed E-state index contributed by atoms with van der Waals surface area (Å²) in [6, 6.07) is 5.43. The molecule has 0 spiro atoms. The molecule has 1 amide bonds. The van der Waals surface area contributed by atoms with Crippen molar-refractivity contribution in [3.63, 3.8) is 0 Å². The van der Waals surface area contributed by atoms with E-state index < -0.39 is 12.0 Å².